The van der Waals surface area contributed by atoms with E-state index in [2.05, 4.69) is 195 Å². The van der Waals surface area contributed by atoms with Crippen LogP contribution in [0.15, 0.2) is 158 Å². The Morgan fingerprint density at radius 1 is 0.396 bits per heavy atom. The summed E-state index contributed by atoms with van der Waals surface area (Å²) in [4.78, 5) is 4.83. The first-order valence-corrected chi connectivity index (χ1v) is 16.9. The van der Waals surface area contributed by atoms with Crippen molar-refractivity contribution in [3.05, 3.63) is 180 Å². The molecule has 0 aromatic heterocycles. The Balaban J connectivity index is 1.21. The van der Waals surface area contributed by atoms with Crippen molar-refractivity contribution in [3.8, 4) is 11.1 Å². The Kier molecular flexibility index (Phi) is 6.23. The number of fused-ring (bicyclic) bond motifs is 6. The third kappa shape index (κ3) is 4.19. The number of anilines is 6. The van der Waals surface area contributed by atoms with Gasteiger partial charge in [0.15, 0.2) is 0 Å². The Bertz CT molecular complexity index is 2310. The molecule has 232 valence electrons. The largest absolute Gasteiger partial charge is 0.310 e. The Morgan fingerprint density at radius 2 is 0.979 bits per heavy atom. The van der Waals surface area contributed by atoms with E-state index in [1.54, 1.807) is 0 Å². The van der Waals surface area contributed by atoms with Crippen LogP contribution in [0.1, 0.15) is 49.9 Å². The number of rotatable bonds is 4. The van der Waals surface area contributed by atoms with Gasteiger partial charge >= 0.3 is 0 Å². The summed E-state index contributed by atoms with van der Waals surface area (Å²) in [5, 5.41) is 2.43. The first-order chi connectivity index (χ1) is 23.3. The standard InChI is InChI=1S/C46H38N2/c1-45(2)39-20-12-11-19-37(39)38-29-42-44(30-41(38)45)48(43-22-14-13-21-40(43)46(42,3)4)36-26-24-31-27-35(25-23-32(31)28-36)47(33-15-7-5-8-16-33)34-17-9-6-10-18-34/h5-30H,1-4H3. The molecule has 0 spiro atoms. The lowest BCUT2D eigenvalue weighted by molar-refractivity contribution is 0.627. The van der Waals surface area contributed by atoms with Gasteiger partial charge in [0.2, 0.25) is 0 Å². The minimum absolute atomic E-state index is 0.0725. The van der Waals surface area contributed by atoms with Crippen molar-refractivity contribution in [1.29, 1.82) is 0 Å². The van der Waals surface area contributed by atoms with Crippen LogP contribution in [0.4, 0.5) is 34.1 Å². The van der Waals surface area contributed by atoms with E-state index in [-0.39, 0.29) is 10.8 Å². The zero-order valence-corrected chi connectivity index (χ0v) is 27.9. The lowest BCUT2D eigenvalue weighted by Gasteiger charge is -2.43. The molecule has 7 aromatic rings. The molecule has 7 aromatic carbocycles. The van der Waals surface area contributed by atoms with E-state index < -0.39 is 0 Å². The van der Waals surface area contributed by atoms with Gasteiger partial charge in [-0.3, -0.25) is 0 Å². The molecule has 0 N–H and O–H groups in total. The zero-order valence-electron chi connectivity index (χ0n) is 27.9. The second kappa shape index (κ2) is 10.5. The Hall–Kier alpha value is -5.60. The molecule has 0 fully saturated rings. The molecule has 2 aliphatic rings. The van der Waals surface area contributed by atoms with Gasteiger partial charge in [0.05, 0.1) is 11.4 Å². The van der Waals surface area contributed by atoms with Gasteiger partial charge in [0, 0.05) is 33.6 Å². The van der Waals surface area contributed by atoms with Crippen LogP contribution in [0.2, 0.25) is 0 Å². The summed E-state index contributed by atoms with van der Waals surface area (Å²) >= 11 is 0. The molecule has 1 aliphatic carbocycles. The third-order valence-corrected chi connectivity index (χ3v) is 10.8. The van der Waals surface area contributed by atoms with Crippen LogP contribution in [0.5, 0.6) is 0 Å². The molecule has 0 saturated carbocycles. The lowest BCUT2D eigenvalue weighted by Crippen LogP contribution is -2.31. The smallest absolute Gasteiger partial charge is 0.0506 e. The van der Waals surface area contributed by atoms with E-state index in [9.17, 15) is 0 Å². The van der Waals surface area contributed by atoms with Gasteiger partial charge in [-0.25, -0.2) is 0 Å². The minimum atomic E-state index is -0.150. The highest BCUT2D eigenvalue weighted by molar-refractivity contribution is 5.96. The summed E-state index contributed by atoms with van der Waals surface area (Å²) < 4.78 is 0. The fourth-order valence-corrected chi connectivity index (χ4v) is 8.27. The highest BCUT2D eigenvalue weighted by Crippen LogP contribution is 2.57. The summed E-state index contributed by atoms with van der Waals surface area (Å²) in [5.74, 6) is 0. The van der Waals surface area contributed by atoms with Crippen molar-refractivity contribution < 1.29 is 0 Å². The van der Waals surface area contributed by atoms with Gasteiger partial charge in [-0.15, -0.1) is 0 Å². The number of nitrogens with zero attached hydrogens (tertiary/aromatic N) is 2. The van der Waals surface area contributed by atoms with Crippen LogP contribution < -0.4 is 9.80 Å². The van der Waals surface area contributed by atoms with E-state index in [1.165, 1.54) is 61.2 Å². The highest BCUT2D eigenvalue weighted by Gasteiger charge is 2.42. The number of para-hydroxylation sites is 3. The molecular weight excluding hydrogens is 581 g/mol. The molecule has 48 heavy (non-hydrogen) atoms. The van der Waals surface area contributed by atoms with Crippen LogP contribution in [0.25, 0.3) is 21.9 Å². The first kappa shape index (κ1) is 28.6. The Labute approximate surface area is 283 Å². The summed E-state index contributed by atoms with van der Waals surface area (Å²) in [6, 6.07) is 57.9. The lowest BCUT2D eigenvalue weighted by atomic mass is 9.72. The molecule has 0 saturated heterocycles. The molecule has 1 heterocycles. The second-order valence-corrected chi connectivity index (χ2v) is 14.3. The molecule has 0 atom stereocenters. The van der Waals surface area contributed by atoms with E-state index in [0.717, 1.165) is 17.1 Å². The number of benzene rings is 7. The van der Waals surface area contributed by atoms with E-state index in [4.69, 9.17) is 0 Å². The van der Waals surface area contributed by atoms with Crippen LogP contribution in [-0.2, 0) is 10.8 Å². The fraction of sp³-hybridized carbons (Fsp3) is 0.130. The average molecular weight is 619 g/mol. The van der Waals surface area contributed by atoms with Crippen molar-refractivity contribution in [2.75, 3.05) is 9.80 Å². The Morgan fingerprint density at radius 3 is 1.71 bits per heavy atom. The van der Waals surface area contributed by atoms with Gasteiger partial charge in [-0.2, -0.15) is 0 Å². The predicted molar refractivity (Wildman–Crippen MR) is 203 cm³/mol. The van der Waals surface area contributed by atoms with Gasteiger partial charge in [0.25, 0.3) is 0 Å². The summed E-state index contributed by atoms with van der Waals surface area (Å²) in [7, 11) is 0. The molecule has 1 aliphatic heterocycles. The molecule has 2 nitrogen and oxygen atoms in total. The minimum Gasteiger partial charge on any atom is -0.310 e. The quantitative estimate of drug-likeness (QED) is 0.194. The van der Waals surface area contributed by atoms with Gasteiger partial charge in [-0.05, 0) is 111 Å². The maximum atomic E-state index is 2.50. The van der Waals surface area contributed by atoms with Crippen molar-refractivity contribution in [2.45, 2.75) is 38.5 Å². The molecule has 0 radical (unpaired) electrons. The van der Waals surface area contributed by atoms with Crippen molar-refractivity contribution in [3.63, 3.8) is 0 Å². The normalized spacial score (nSPS) is 15.0. The summed E-state index contributed by atoms with van der Waals surface area (Å²) in [6.45, 7) is 9.51. The van der Waals surface area contributed by atoms with E-state index in [1.807, 2.05) is 0 Å². The average Bonchev–Trinajstić information content (AvgIpc) is 3.34. The van der Waals surface area contributed by atoms with Crippen molar-refractivity contribution in [2.24, 2.45) is 0 Å². The number of hydrogen-bond acceptors (Lipinski definition) is 2. The van der Waals surface area contributed by atoms with Crippen molar-refractivity contribution >= 4 is 44.9 Å². The topological polar surface area (TPSA) is 6.48 Å². The van der Waals surface area contributed by atoms with Crippen LogP contribution in [-0.4, -0.2) is 0 Å². The maximum absolute atomic E-state index is 2.50. The third-order valence-electron chi connectivity index (χ3n) is 10.8. The van der Waals surface area contributed by atoms with Crippen LogP contribution in [0, 0.1) is 0 Å². The van der Waals surface area contributed by atoms with E-state index in [0.29, 0.717) is 0 Å². The monoisotopic (exact) mass is 618 g/mol. The molecule has 2 heteroatoms. The second-order valence-electron chi connectivity index (χ2n) is 14.3. The van der Waals surface area contributed by atoms with Crippen LogP contribution in [0.3, 0.4) is 0 Å². The maximum Gasteiger partial charge on any atom is 0.0506 e. The van der Waals surface area contributed by atoms with Gasteiger partial charge in [-0.1, -0.05) is 119 Å². The zero-order chi connectivity index (χ0) is 32.6. The first-order valence-electron chi connectivity index (χ1n) is 16.9. The molecular formula is C46H38N2. The molecule has 9 rings (SSSR count). The van der Waals surface area contributed by atoms with Crippen molar-refractivity contribution in [1.82, 2.24) is 0 Å². The molecule has 0 unspecified atom stereocenters. The number of hydrogen-bond donors (Lipinski definition) is 0. The predicted octanol–water partition coefficient (Wildman–Crippen LogP) is 12.7. The molecule has 0 amide bonds. The van der Waals surface area contributed by atoms with Gasteiger partial charge < -0.3 is 9.80 Å². The van der Waals surface area contributed by atoms with E-state index >= 15 is 0 Å². The fourth-order valence-electron chi connectivity index (χ4n) is 8.27. The summed E-state index contributed by atoms with van der Waals surface area (Å²) in [5.41, 5.74) is 15.1. The summed E-state index contributed by atoms with van der Waals surface area (Å²) in [6.07, 6.45) is 0. The van der Waals surface area contributed by atoms with Gasteiger partial charge in [0.1, 0.15) is 0 Å². The van der Waals surface area contributed by atoms with Crippen LogP contribution >= 0.6 is 0 Å². The SMILES string of the molecule is CC1(C)c2ccccc2-c2cc3c(cc21)N(c1ccc2cc(N(c4ccccc4)c4ccccc4)ccc2c1)c1ccccc1C3(C)C. The molecule has 0 bridgehead atoms. The highest BCUT2D eigenvalue weighted by atomic mass is 15.2.